The van der Waals surface area contributed by atoms with Crippen molar-refractivity contribution in [1.29, 1.82) is 0 Å². The topological polar surface area (TPSA) is 88.4 Å². The number of hydrogen-bond donors (Lipinski definition) is 2. The van der Waals surface area contributed by atoms with Crippen LogP contribution in [0, 0.1) is 0 Å². The molecule has 0 bridgehead atoms. The number of piperazine rings is 1. The first kappa shape index (κ1) is 24.0. The summed E-state index contributed by atoms with van der Waals surface area (Å²) in [7, 11) is 0. The molecule has 1 aliphatic carbocycles. The summed E-state index contributed by atoms with van der Waals surface area (Å²) in [6, 6.07) is 9.29. The van der Waals surface area contributed by atoms with Gasteiger partial charge in [0.25, 0.3) is 5.91 Å². The zero-order chi connectivity index (χ0) is 24.1. The molecule has 2 heterocycles. The molecule has 2 atom stereocenters. The molecular formula is C26H35N5O3. The molecule has 1 aromatic heterocycles. The van der Waals surface area contributed by atoms with Crippen LogP contribution in [-0.2, 0) is 11.3 Å². The molecule has 2 N–H and O–H groups in total. The highest BCUT2D eigenvalue weighted by atomic mass is 16.2. The largest absolute Gasteiger partial charge is 0.351 e. The van der Waals surface area contributed by atoms with Crippen LogP contribution in [0.4, 0.5) is 0 Å². The monoisotopic (exact) mass is 465 g/mol. The number of nitrogens with zero attached hydrogens (tertiary/aromatic N) is 3. The zero-order valence-electron chi connectivity index (χ0n) is 20.0. The Balaban J connectivity index is 1.92. The van der Waals surface area contributed by atoms with Crippen molar-refractivity contribution in [2.24, 2.45) is 0 Å². The lowest BCUT2D eigenvalue weighted by Crippen LogP contribution is -2.47. The third-order valence-electron chi connectivity index (χ3n) is 6.87. The lowest BCUT2D eigenvalue weighted by molar-refractivity contribution is -0.122. The van der Waals surface area contributed by atoms with Gasteiger partial charge in [0, 0.05) is 50.7 Å². The molecule has 1 unspecified atom stereocenters. The first-order valence-corrected chi connectivity index (χ1v) is 12.4. The van der Waals surface area contributed by atoms with Crippen molar-refractivity contribution in [3.05, 3.63) is 59.2 Å². The maximum absolute atomic E-state index is 13.9. The summed E-state index contributed by atoms with van der Waals surface area (Å²) >= 11 is 0. The van der Waals surface area contributed by atoms with Gasteiger partial charge in [-0.1, -0.05) is 56.2 Å². The Morgan fingerprint density at radius 3 is 2.53 bits per heavy atom. The molecule has 2 amide bonds. The third kappa shape index (κ3) is 4.73. The molecule has 1 aliphatic heterocycles. The molecule has 1 saturated heterocycles. The number of nitrogens with one attached hydrogen (secondary N) is 2. The van der Waals surface area contributed by atoms with Crippen molar-refractivity contribution < 1.29 is 9.59 Å². The molecule has 2 aromatic rings. The minimum Gasteiger partial charge on any atom is -0.351 e. The van der Waals surface area contributed by atoms with Crippen molar-refractivity contribution in [2.45, 2.75) is 57.7 Å². The minimum atomic E-state index is -0.222. The first-order chi connectivity index (χ1) is 16.6. The van der Waals surface area contributed by atoms with Crippen molar-refractivity contribution >= 4 is 11.8 Å². The number of carbonyl (C=O) groups is 2. The number of hydrogen-bond acceptors (Lipinski definition) is 4. The van der Waals surface area contributed by atoms with E-state index in [1.165, 1.54) is 0 Å². The SMILES string of the molecule is C=CCn1c(C(=O)N2CCNCC2)c(-c2ccccc2)n(C2CCCC[C@@H]2NC(=O)CC)c1=O. The van der Waals surface area contributed by atoms with Gasteiger partial charge in [-0.3, -0.25) is 18.7 Å². The smallest absolute Gasteiger partial charge is 0.329 e. The minimum absolute atomic E-state index is 0.0196. The molecule has 0 radical (unpaired) electrons. The van der Waals surface area contributed by atoms with Gasteiger partial charge in [-0.2, -0.15) is 0 Å². The van der Waals surface area contributed by atoms with Crippen LogP contribution in [0.5, 0.6) is 0 Å². The third-order valence-corrected chi connectivity index (χ3v) is 6.87. The van der Waals surface area contributed by atoms with E-state index in [4.69, 9.17) is 0 Å². The fourth-order valence-corrected chi connectivity index (χ4v) is 5.17. The number of imidazole rings is 1. The van der Waals surface area contributed by atoms with Gasteiger partial charge in [0.15, 0.2) is 0 Å². The summed E-state index contributed by atoms with van der Waals surface area (Å²) < 4.78 is 3.35. The number of aromatic nitrogens is 2. The van der Waals surface area contributed by atoms with Gasteiger partial charge in [-0.25, -0.2) is 4.79 Å². The quantitative estimate of drug-likeness (QED) is 0.615. The molecule has 8 heteroatoms. The molecule has 1 saturated carbocycles. The summed E-state index contributed by atoms with van der Waals surface area (Å²) in [5.74, 6) is -0.156. The summed E-state index contributed by atoms with van der Waals surface area (Å²) in [6.07, 6.45) is 5.61. The number of benzene rings is 1. The number of amides is 2. The Kier molecular flexibility index (Phi) is 7.67. The molecule has 2 aliphatic rings. The van der Waals surface area contributed by atoms with Crippen LogP contribution in [0.25, 0.3) is 11.3 Å². The standard InChI is InChI=1S/C26H35N5O3/c1-3-16-30-24(25(33)29-17-14-27-15-18-29)23(19-10-6-5-7-11-19)31(26(30)34)21-13-9-8-12-20(21)28-22(32)4-2/h3,5-7,10-11,20-21,27H,1,4,8-9,12-18H2,2H3,(H,28,32)/t20-,21?/m0/s1. The highest BCUT2D eigenvalue weighted by Crippen LogP contribution is 2.34. The van der Waals surface area contributed by atoms with Crippen LogP contribution in [0.1, 0.15) is 55.6 Å². The van der Waals surface area contributed by atoms with Crippen molar-refractivity contribution in [3.8, 4) is 11.3 Å². The van der Waals surface area contributed by atoms with Crippen molar-refractivity contribution in [1.82, 2.24) is 24.7 Å². The summed E-state index contributed by atoms with van der Waals surface area (Å²) in [6.45, 7) is 8.57. The van der Waals surface area contributed by atoms with E-state index in [2.05, 4.69) is 17.2 Å². The Labute approximate surface area is 200 Å². The molecule has 34 heavy (non-hydrogen) atoms. The number of rotatable bonds is 7. The Bertz CT molecular complexity index is 1080. The molecule has 8 nitrogen and oxygen atoms in total. The van der Waals surface area contributed by atoms with Crippen LogP contribution in [0.3, 0.4) is 0 Å². The van der Waals surface area contributed by atoms with Crippen LogP contribution in [-0.4, -0.2) is 58.1 Å². The number of carbonyl (C=O) groups excluding carboxylic acids is 2. The average molecular weight is 466 g/mol. The molecular weight excluding hydrogens is 430 g/mol. The highest BCUT2D eigenvalue weighted by molar-refractivity contribution is 5.99. The van der Waals surface area contributed by atoms with Gasteiger partial charge in [-0.15, -0.1) is 6.58 Å². The molecule has 182 valence electrons. The molecule has 1 aromatic carbocycles. The Morgan fingerprint density at radius 1 is 1.15 bits per heavy atom. The normalized spacial score (nSPS) is 20.7. The maximum Gasteiger partial charge on any atom is 0.329 e. The lowest BCUT2D eigenvalue weighted by Gasteiger charge is -2.34. The van der Waals surface area contributed by atoms with E-state index in [0.717, 1.165) is 44.3 Å². The second-order valence-corrected chi connectivity index (χ2v) is 9.04. The van der Waals surface area contributed by atoms with Crippen LogP contribution in [0.2, 0.25) is 0 Å². The van der Waals surface area contributed by atoms with Crippen LogP contribution < -0.4 is 16.3 Å². The van der Waals surface area contributed by atoms with E-state index >= 15 is 0 Å². The predicted molar refractivity (Wildman–Crippen MR) is 133 cm³/mol. The van der Waals surface area contributed by atoms with E-state index in [9.17, 15) is 14.4 Å². The first-order valence-electron chi connectivity index (χ1n) is 12.4. The van der Waals surface area contributed by atoms with E-state index in [1.54, 1.807) is 15.2 Å². The predicted octanol–water partition coefficient (Wildman–Crippen LogP) is 2.56. The van der Waals surface area contributed by atoms with E-state index in [0.29, 0.717) is 30.9 Å². The van der Waals surface area contributed by atoms with E-state index in [-0.39, 0.29) is 36.1 Å². The summed E-state index contributed by atoms with van der Waals surface area (Å²) in [5.41, 5.74) is 1.65. The molecule has 2 fully saturated rings. The summed E-state index contributed by atoms with van der Waals surface area (Å²) in [4.78, 5) is 41.9. The maximum atomic E-state index is 13.9. The van der Waals surface area contributed by atoms with Crippen LogP contribution in [0.15, 0.2) is 47.8 Å². The van der Waals surface area contributed by atoms with Crippen molar-refractivity contribution in [3.63, 3.8) is 0 Å². The second-order valence-electron chi connectivity index (χ2n) is 9.04. The fraction of sp³-hybridized carbons (Fsp3) is 0.500. The lowest BCUT2D eigenvalue weighted by atomic mass is 9.89. The van der Waals surface area contributed by atoms with Gasteiger partial charge >= 0.3 is 5.69 Å². The Hall–Kier alpha value is -3.13. The molecule has 4 rings (SSSR count). The average Bonchev–Trinajstić information content (AvgIpc) is 3.17. The fourth-order valence-electron chi connectivity index (χ4n) is 5.17. The summed E-state index contributed by atoms with van der Waals surface area (Å²) in [5, 5.41) is 6.43. The second kappa shape index (κ2) is 10.9. The van der Waals surface area contributed by atoms with Gasteiger partial charge in [0.1, 0.15) is 5.69 Å². The van der Waals surface area contributed by atoms with Gasteiger partial charge in [0.2, 0.25) is 5.91 Å². The van der Waals surface area contributed by atoms with Crippen molar-refractivity contribution in [2.75, 3.05) is 26.2 Å². The molecule has 0 spiro atoms. The van der Waals surface area contributed by atoms with Gasteiger partial charge in [-0.05, 0) is 12.8 Å². The van der Waals surface area contributed by atoms with E-state index < -0.39 is 0 Å². The zero-order valence-corrected chi connectivity index (χ0v) is 20.0. The van der Waals surface area contributed by atoms with E-state index in [1.807, 2.05) is 42.2 Å². The van der Waals surface area contributed by atoms with Gasteiger partial charge in [0.05, 0.1) is 11.7 Å². The highest BCUT2D eigenvalue weighted by Gasteiger charge is 2.36. The number of allylic oxidation sites excluding steroid dienone is 1. The van der Waals surface area contributed by atoms with Gasteiger partial charge < -0.3 is 15.5 Å². The van der Waals surface area contributed by atoms with Crippen LogP contribution >= 0.6 is 0 Å². The Morgan fingerprint density at radius 2 is 1.85 bits per heavy atom.